The summed E-state index contributed by atoms with van der Waals surface area (Å²) in [6, 6.07) is 3.51. The molecule has 0 saturated heterocycles. The van der Waals surface area contributed by atoms with Gasteiger partial charge in [-0.05, 0) is 18.1 Å². The van der Waals surface area contributed by atoms with E-state index in [9.17, 15) is 4.79 Å². The maximum Gasteiger partial charge on any atom is 0.185 e. The van der Waals surface area contributed by atoms with E-state index in [1.54, 1.807) is 18.3 Å². The number of furan rings is 1. The van der Waals surface area contributed by atoms with Gasteiger partial charge in [0.05, 0.1) is 5.69 Å². The minimum absolute atomic E-state index is 0.329. The summed E-state index contributed by atoms with van der Waals surface area (Å²) in [6.07, 6.45) is 2.42. The van der Waals surface area contributed by atoms with Gasteiger partial charge in [0.1, 0.15) is 5.58 Å². The van der Waals surface area contributed by atoms with Gasteiger partial charge in [-0.1, -0.05) is 13.8 Å². The number of fused-ring (bicyclic) bond motifs is 1. The van der Waals surface area contributed by atoms with Gasteiger partial charge in [0.15, 0.2) is 12.0 Å². The molecule has 0 fully saturated rings. The fraction of sp³-hybridized carbons (Fsp3) is 0.273. The fourth-order valence-corrected chi connectivity index (χ4v) is 1.52. The van der Waals surface area contributed by atoms with Crippen molar-refractivity contribution >= 4 is 17.3 Å². The van der Waals surface area contributed by atoms with E-state index in [0.29, 0.717) is 18.0 Å². The molecule has 0 spiro atoms. The summed E-state index contributed by atoms with van der Waals surface area (Å²) in [5.41, 5.74) is 1.70. The molecule has 0 aliphatic rings. The van der Waals surface area contributed by atoms with Crippen LogP contribution in [0.4, 0.5) is 0 Å². The third kappa shape index (κ3) is 1.31. The van der Waals surface area contributed by atoms with Crippen molar-refractivity contribution in [3.05, 3.63) is 29.8 Å². The lowest BCUT2D eigenvalue weighted by atomic mass is 10.1. The highest BCUT2D eigenvalue weighted by molar-refractivity contribution is 5.86. The predicted octanol–water partition coefficient (Wildman–Crippen LogP) is 2.76. The molecule has 2 aromatic heterocycles. The summed E-state index contributed by atoms with van der Waals surface area (Å²) >= 11 is 0. The van der Waals surface area contributed by atoms with Crippen molar-refractivity contribution < 1.29 is 9.21 Å². The topological polar surface area (TPSA) is 43.1 Å². The molecule has 0 atom stereocenters. The highest BCUT2D eigenvalue weighted by Crippen LogP contribution is 2.25. The number of aldehydes is 1. The Kier molecular flexibility index (Phi) is 2.08. The molecule has 0 aliphatic carbocycles. The van der Waals surface area contributed by atoms with Gasteiger partial charge in [-0.2, -0.15) is 0 Å². The summed E-state index contributed by atoms with van der Waals surface area (Å²) in [5.74, 6) is 0.686. The number of nitrogens with zero attached hydrogens (tertiary/aromatic N) is 1. The van der Waals surface area contributed by atoms with E-state index < -0.39 is 0 Å². The molecular weight excluding hydrogens is 178 g/mol. The van der Waals surface area contributed by atoms with Crippen molar-refractivity contribution in [3.63, 3.8) is 0 Å². The van der Waals surface area contributed by atoms with Gasteiger partial charge >= 0.3 is 0 Å². The van der Waals surface area contributed by atoms with Gasteiger partial charge in [0.25, 0.3) is 0 Å². The molecule has 0 aliphatic heterocycles. The number of pyridine rings is 1. The number of rotatable bonds is 2. The van der Waals surface area contributed by atoms with Gasteiger partial charge in [-0.25, -0.2) is 0 Å². The average Bonchev–Trinajstić information content (AvgIpc) is 2.59. The molecule has 2 aromatic rings. The monoisotopic (exact) mass is 189 g/mol. The van der Waals surface area contributed by atoms with Crippen LogP contribution in [0.1, 0.15) is 36.0 Å². The fourth-order valence-electron chi connectivity index (χ4n) is 1.52. The molecule has 72 valence electrons. The van der Waals surface area contributed by atoms with Crippen LogP contribution in [-0.2, 0) is 0 Å². The minimum Gasteiger partial charge on any atom is -0.453 e. The number of carbonyl (C=O) groups is 1. The highest BCUT2D eigenvalue weighted by atomic mass is 16.3. The van der Waals surface area contributed by atoms with Crippen LogP contribution in [0.15, 0.2) is 22.7 Å². The molecule has 0 aromatic carbocycles. The van der Waals surface area contributed by atoms with E-state index in [4.69, 9.17) is 4.42 Å². The van der Waals surface area contributed by atoms with Crippen LogP contribution in [-0.4, -0.2) is 11.3 Å². The molecule has 14 heavy (non-hydrogen) atoms. The van der Waals surface area contributed by atoms with Gasteiger partial charge in [0.2, 0.25) is 0 Å². The molecule has 0 N–H and O–H groups in total. The first kappa shape index (κ1) is 8.94. The number of aromatic nitrogens is 1. The Hall–Kier alpha value is -1.64. The number of hydrogen-bond donors (Lipinski definition) is 0. The number of hydrogen-bond acceptors (Lipinski definition) is 3. The normalized spacial score (nSPS) is 11.1. The van der Waals surface area contributed by atoms with E-state index >= 15 is 0 Å². The van der Waals surface area contributed by atoms with Crippen molar-refractivity contribution in [2.45, 2.75) is 19.8 Å². The highest BCUT2D eigenvalue weighted by Gasteiger charge is 2.10. The van der Waals surface area contributed by atoms with Gasteiger partial charge in [-0.3, -0.25) is 9.78 Å². The van der Waals surface area contributed by atoms with Crippen molar-refractivity contribution in [2.24, 2.45) is 0 Å². The smallest absolute Gasteiger partial charge is 0.185 e. The van der Waals surface area contributed by atoms with E-state index in [1.807, 2.05) is 0 Å². The van der Waals surface area contributed by atoms with Crippen LogP contribution >= 0.6 is 0 Å². The second-order valence-electron chi connectivity index (χ2n) is 3.53. The Morgan fingerprint density at radius 3 is 2.93 bits per heavy atom. The predicted molar refractivity (Wildman–Crippen MR) is 53.5 cm³/mol. The molecule has 0 saturated carbocycles. The third-order valence-corrected chi connectivity index (χ3v) is 2.16. The van der Waals surface area contributed by atoms with Crippen LogP contribution in [0.25, 0.3) is 11.0 Å². The quantitative estimate of drug-likeness (QED) is 0.682. The first-order valence-corrected chi connectivity index (χ1v) is 4.56. The minimum atomic E-state index is 0.329. The zero-order chi connectivity index (χ0) is 10.1. The standard InChI is InChI=1S/C11H11NO2/c1-7(2)11-9-5-8(6-13)14-10(9)3-4-12-11/h3-7H,1-2H3. The summed E-state index contributed by atoms with van der Waals surface area (Å²) in [7, 11) is 0. The van der Waals surface area contributed by atoms with Crippen LogP contribution in [0, 0.1) is 0 Å². The molecule has 0 unspecified atom stereocenters. The molecule has 2 rings (SSSR count). The number of carbonyl (C=O) groups excluding carboxylic acids is 1. The van der Waals surface area contributed by atoms with Crippen molar-refractivity contribution in [1.29, 1.82) is 0 Å². The summed E-state index contributed by atoms with van der Waals surface area (Å²) < 4.78 is 5.30. The summed E-state index contributed by atoms with van der Waals surface area (Å²) in [6.45, 7) is 4.13. The zero-order valence-electron chi connectivity index (χ0n) is 8.15. The summed E-state index contributed by atoms with van der Waals surface area (Å²) in [5, 5.41) is 0.935. The van der Waals surface area contributed by atoms with E-state index in [0.717, 1.165) is 16.7 Å². The lowest BCUT2D eigenvalue weighted by molar-refractivity contribution is 0.110. The van der Waals surface area contributed by atoms with E-state index in [-0.39, 0.29) is 0 Å². The molecular formula is C11H11NO2. The van der Waals surface area contributed by atoms with Crippen LogP contribution < -0.4 is 0 Å². The first-order chi connectivity index (χ1) is 6.72. The Bertz CT molecular complexity index is 471. The third-order valence-electron chi connectivity index (χ3n) is 2.16. The second-order valence-corrected chi connectivity index (χ2v) is 3.53. The Morgan fingerprint density at radius 1 is 1.50 bits per heavy atom. The molecule has 2 heterocycles. The summed E-state index contributed by atoms with van der Waals surface area (Å²) in [4.78, 5) is 14.8. The van der Waals surface area contributed by atoms with Crippen molar-refractivity contribution in [3.8, 4) is 0 Å². The zero-order valence-corrected chi connectivity index (χ0v) is 8.15. The van der Waals surface area contributed by atoms with Crippen molar-refractivity contribution in [2.75, 3.05) is 0 Å². The Balaban J connectivity index is 2.72. The Labute approximate surface area is 81.7 Å². The lowest BCUT2D eigenvalue weighted by Gasteiger charge is -2.03. The van der Waals surface area contributed by atoms with E-state index in [1.165, 1.54) is 0 Å². The van der Waals surface area contributed by atoms with Crippen LogP contribution in [0.3, 0.4) is 0 Å². The maximum atomic E-state index is 10.5. The van der Waals surface area contributed by atoms with Gasteiger partial charge < -0.3 is 4.42 Å². The molecule has 3 heteroatoms. The van der Waals surface area contributed by atoms with Gasteiger partial charge in [-0.15, -0.1) is 0 Å². The Morgan fingerprint density at radius 2 is 2.29 bits per heavy atom. The SMILES string of the molecule is CC(C)c1nccc2oc(C=O)cc12. The molecule has 3 nitrogen and oxygen atoms in total. The maximum absolute atomic E-state index is 10.5. The van der Waals surface area contributed by atoms with Crippen molar-refractivity contribution in [1.82, 2.24) is 4.98 Å². The molecule has 0 amide bonds. The van der Waals surface area contributed by atoms with Crippen LogP contribution in [0.5, 0.6) is 0 Å². The second kappa shape index (κ2) is 3.25. The largest absolute Gasteiger partial charge is 0.453 e. The van der Waals surface area contributed by atoms with Crippen LogP contribution in [0.2, 0.25) is 0 Å². The lowest BCUT2D eigenvalue weighted by Crippen LogP contribution is -1.91. The molecule has 0 bridgehead atoms. The average molecular weight is 189 g/mol. The first-order valence-electron chi connectivity index (χ1n) is 4.56. The van der Waals surface area contributed by atoms with E-state index in [2.05, 4.69) is 18.8 Å². The molecule has 0 radical (unpaired) electrons. The van der Waals surface area contributed by atoms with Gasteiger partial charge in [0, 0.05) is 11.6 Å².